The maximum absolute atomic E-state index is 14.4. The number of benzene rings is 7. The Hall–Kier alpha value is -5.99. The Morgan fingerprint density at radius 1 is 0.457 bits per heavy atom. The van der Waals surface area contributed by atoms with Crippen molar-refractivity contribution < 1.29 is 45.5 Å². The van der Waals surface area contributed by atoms with Crippen LogP contribution in [-0.2, 0) is 57.7 Å². The Morgan fingerprint density at radius 3 is 1.33 bits per heavy atom. The number of aliphatic hydroxyl groups is 1. The number of aromatic hydroxyl groups is 1. The molecule has 0 radical (unpaired) electrons. The van der Waals surface area contributed by atoms with Crippen molar-refractivity contribution >= 4 is 49.2 Å². The molecule has 7 heteroatoms. The number of phenolic OH excluding ortho intramolecular Hbond substituents is 1. The van der Waals surface area contributed by atoms with Crippen molar-refractivity contribution in [2.75, 3.05) is 13.2 Å². The summed E-state index contributed by atoms with van der Waals surface area (Å²) >= 11 is 0. The molecular weight excluding hydrogens is 1320 g/mol. The monoisotopic (exact) mass is 1430 g/mol. The summed E-state index contributed by atoms with van der Waals surface area (Å²) in [5, 5.41) is 32.4. The zero-order valence-corrected chi connectivity index (χ0v) is 65.9. The molecule has 2 N–H and O–H groups in total. The molecule has 2 atom stereocenters. The topological polar surface area (TPSA) is 68.8 Å². The van der Waals surface area contributed by atoms with Crippen LogP contribution in [0.5, 0.6) is 11.5 Å². The number of fused-ring (bicyclic) bond motifs is 6. The van der Waals surface area contributed by atoms with Crippen LogP contribution in [0, 0.1) is 43.9 Å². The van der Waals surface area contributed by atoms with Gasteiger partial charge in [0.05, 0.1) is 29.9 Å². The van der Waals surface area contributed by atoms with Crippen LogP contribution < -0.4 is 4.74 Å². The first-order valence-electron chi connectivity index (χ1n) is 34.5. The van der Waals surface area contributed by atoms with E-state index in [9.17, 15) is 10.2 Å². The molecule has 9 aromatic rings. The molecule has 0 bridgehead atoms. The molecule has 0 saturated carbocycles. The fraction of sp³-hybridized carbons (Fsp3) is 0.471. The average Bonchev–Trinajstić information content (AvgIpc) is 1.48. The Kier molecular flexibility index (Phi) is 19.3. The second-order valence-corrected chi connectivity index (χ2v) is 36.0. The van der Waals surface area contributed by atoms with Gasteiger partial charge in [0.1, 0.15) is 17.5 Å². The van der Waals surface area contributed by atoms with Gasteiger partial charge in [-0.1, -0.05) is 218 Å². The van der Waals surface area contributed by atoms with E-state index in [0.29, 0.717) is 18.8 Å². The van der Waals surface area contributed by atoms with Crippen molar-refractivity contribution in [1.82, 2.24) is 9.13 Å². The predicted molar refractivity (Wildman–Crippen MR) is 399 cm³/mol. The normalized spacial score (nSPS) is 16.5. The fourth-order valence-corrected chi connectivity index (χ4v) is 15.6. The van der Waals surface area contributed by atoms with Crippen LogP contribution in [0.15, 0.2) is 133 Å². The molecule has 0 fully saturated rings. The molecule has 1 aliphatic rings. The summed E-state index contributed by atoms with van der Waals surface area (Å²) in [7, 11) is 0. The number of aryl methyl sites for hydroxylation is 4. The Balaban J connectivity index is 0.0000104. The predicted octanol–water partition coefficient (Wildman–Crippen LogP) is 23.6. The number of hydrogen-bond acceptors (Lipinski definition) is 4. The molecule has 7 aromatic carbocycles. The van der Waals surface area contributed by atoms with E-state index < -0.39 is 11.8 Å². The molecule has 6 nitrogen and oxygen atoms in total. The molecule has 1 aliphatic carbocycles. The molecular formula is C87H112HfN2O4. The molecule has 0 spiro atoms. The zero-order valence-electron chi connectivity index (χ0n) is 62.3. The summed E-state index contributed by atoms with van der Waals surface area (Å²) in [4.78, 5) is 0. The van der Waals surface area contributed by atoms with Gasteiger partial charge >= 0.3 is 0 Å². The number of ether oxygens (including phenoxy) is 2. The Labute approximate surface area is 584 Å². The first-order valence-corrected chi connectivity index (χ1v) is 34.5. The quantitative estimate of drug-likeness (QED) is 0.0647. The fourth-order valence-electron chi connectivity index (χ4n) is 15.6. The smallest absolute Gasteiger partial charge is 0.218 e. The van der Waals surface area contributed by atoms with E-state index in [1.807, 2.05) is 0 Å². The van der Waals surface area contributed by atoms with E-state index in [1.165, 1.54) is 38.6 Å². The third-order valence-corrected chi connectivity index (χ3v) is 19.7. The number of rotatable bonds is 14. The molecule has 10 rings (SSSR count). The van der Waals surface area contributed by atoms with Gasteiger partial charge in [-0.3, -0.25) is 0 Å². The van der Waals surface area contributed by atoms with Gasteiger partial charge in [0.15, 0.2) is 0 Å². The number of nitrogens with zero attached hydrogens (tertiary/aromatic N) is 2. The molecule has 0 amide bonds. The van der Waals surface area contributed by atoms with E-state index in [4.69, 9.17) is 9.47 Å². The van der Waals surface area contributed by atoms with Gasteiger partial charge < -0.3 is 28.8 Å². The third-order valence-electron chi connectivity index (χ3n) is 19.7. The van der Waals surface area contributed by atoms with Gasteiger partial charge in [-0.05, 0) is 207 Å². The van der Waals surface area contributed by atoms with Crippen LogP contribution in [0.1, 0.15) is 233 Å². The SMILES string of the molecule is Cc1cc(C)cc(C2=CC(C(C)(C)CC(C)(C)C)=CC(n3c4ccc(C(C)(C)C)cc4c4cc(C(C)(C)C)ccc43)C2(O)OCCCOc2c(C)cc(C)cc2-c2cc(C(C)(C)CC(C)(C)C)cc(-n3c4ccc(C(C)(C)C)cc4c4cc(C(C)(C)C)ccc43)c2O)c1.[Hf]. The summed E-state index contributed by atoms with van der Waals surface area (Å²) in [5.74, 6) is -0.923. The maximum atomic E-state index is 14.4. The molecule has 2 aromatic heterocycles. The number of phenols is 1. The standard InChI is InChI=1S/C87H112N2O4.Hf/c1-53-38-54(2)41-57(40-53)70-48-63(86(25,26)52-80(8,9)10)50-76(89-73-34-30-60(83(17,18)19)45-66(73)67-46-61(84(20,21)22)31-35-74(67)89)87(70,91)93-37-27-36-92-78-56(4)39-55(3)42-69(78)68-47-62(85(23,24)51-79(5,6)7)49-75(77(68)90)88-71-32-28-58(81(11,12)13)43-64(71)65-44-59(82(14,15)16)29-33-72(65)88;/h28-35,38-50,76,90-91H,27,36-37,51-52H2,1-26H3;. The van der Waals surface area contributed by atoms with Crippen LogP contribution in [0.4, 0.5) is 0 Å². The van der Waals surface area contributed by atoms with Crippen LogP contribution in [0.3, 0.4) is 0 Å². The van der Waals surface area contributed by atoms with Crippen molar-refractivity contribution in [2.24, 2.45) is 16.2 Å². The summed E-state index contributed by atoms with van der Waals surface area (Å²) in [6, 6.07) is 42.4. The zero-order chi connectivity index (χ0) is 68.5. The van der Waals surface area contributed by atoms with E-state index in [-0.39, 0.29) is 81.5 Å². The van der Waals surface area contributed by atoms with Crippen molar-refractivity contribution in [1.29, 1.82) is 0 Å². The second kappa shape index (κ2) is 25.1. The van der Waals surface area contributed by atoms with Gasteiger partial charge in [0, 0.05) is 81.5 Å². The van der Waals surface area contributed by atoms with Gasteiger partial charge in [-0.2, -0.15) is 0 Å². The van der Waals surface area contributed by atoms with E-state index in [0.717, 1.165) is 101 Å². The number of hydrogen-bond donors (Lipinski definition) is 2. The van der Waals surface area contributed by atoms with Gasteiger partial charge in [-0.25, -0.2) is 0 Å². The van der Waals surface area contributed by atoms with Crippen LogP contribution in [0.25, 0.3) is 66.0 Å². The molecule has 2 unspecified atom stereocenters. The van der Waals surface area contributed by atoms with E-state index in [1.54, 1.807) is 0 Å². The largest absolute Gasteiger partial charge is 0.505 e. The van der Waals surface area contributed by atoms with Crippen molar-refractivity contribution in [3.05, 3.63) is 189 Å². The van der Waals surface area contributed by atoms with Crippen LogP contribution in [-0.4, -0.2) is 38.3 Å². The van der Waals surface area contributed by atoms with Crippen molar-refractivity contribution in [3.63, 3.8) is 0 Å². The second-order valence-electron chi connectivity index (χ2n) is 36.0. The summed E-state index contributed by atoms with van der Waals surface area (Å²) in [6.07, 6.45) is 6.90. The minimum Gasteiger partial charge on any atom is -0.505 e. The van der Waals surface area contributed by atoms with Gasteiger partial charge in [0.25, 0.3) is 0 Å². The Morgan fingerprint density at radius 2 is 0.883 bits per heavy atom. The molecule has 498 valence electrons. The third kappa shape index (κ3) is 14.5. The summed E-state index contributed by atoms with van der Waals surface area (Å²) in [5.41, 5.74) is 19.0. The van der Waals surface area contributed by atoms with Crippen molar-refractivity contribution in [3.8, 4) is 28.3 Å². The number of aromatic nitrogens is 2. The molecule has 2 heterocycles. The molecule has 94 heavy (non-hydrogen) atoms. The van der Waals surface area contributed by atoms with E-state index in [2.05, 4.69) is 317 Å². The van der Waals surface area contributed by atoms with Gasteiger partial charge in [-0.15, -0.1) is 0 Å². The Bertz CT molecular complexity index is 4270. The van der Waals surface area contributed by atoms with Gasteiger partial charge in [0.2, 0.25) is 5.79 Å². The molecule has 0 aliphatic heterocycles. The minimum absolute atomic E-state index is 0. The summed E-state index contributed by atoms with van der Waals surface area (Å²) in [6.45, 7) is 59.7. The van der Waals surface area contributed by atoms with Crippen molar-refractivity contribution in [2.45, 2.75) is 238 Å². The summed E-state index contributed by atoms with van der Waals surface area (Å²) < 4.78 is 19.2. The first kappa shape index (κ1) is 72.3. The first-order chi connectivity index (χ1) is 42.8. The average molecular weight is 1430 g/mol. The van der Waals surface area contributed by atoms with E-state index >= 15 is 0 Å². The number of allylic oxidation sites excluding steroid dienone is 2. The van der Waals surface area contributed by atoms with Crippen LogP contribution >= 0.6 is 0 Å². The minimum atomic E-state index is -1.84. The maximum Gasteiger partial charge on any atom is 0.218 e. The van der Waals surface area contributed by atoms with Crippen LogP contribution in [0.2, 0.25) is 0 Å². The molecule has 0 saturated heterocycles.